The van der Waals surface area contributed by atoms with Crippen LogP contribution in [-0.4, -0.2) is 29.4 Å². The summed E-state index contributed by atoms with van der Waals surface area (Å²) in [5.74, 6) is 0.442. The number of benzene rings is 1. The van der Waals surface area contributed by atoms with E-state index in [4.69, 9.17) is 0 Å². The largest absolute Gasteiger partial charge is 0.393 e. The molecule has 3 nitrogen and oxygen atoms in total. The van der Waals surface area contributed by atoms with Crippen LogP contribution < -0.4 is 4.90 Å². The fourth-order valence-electron chi connectivity index (χ4n) is 2.78. The Kier molecular flexibility index (Phi) is 4.83. The van der Waals surface area contributed by atoms with Gasteiger partial charge in [-0.25, -0.2) is 0 Å². The number of hydrogen-bond donors (Lipinski definition) is 2. The van der Waals surface area contributed by atoms with Gasteiger partial charge in [0.25, 0.3) is 0 Å². The second-order valence-corrected chi connectivity index (χ2v) is 5.58. The fourth-order valence-corrected chi connectivity index (χ4v) is 2.78. The number of anilines is 1. The van der Waals surface area contributed by atoms with Crippen molar-refractivity contribution in [2.75, 3.05) is 18.0 Å². The Bertz CT molecular complexity index is 380. The topological polar surface area (TPSA) is 43.7 Å². The smallest absolute Gasteiger partial charge is 0.0787 e. The Morgan fingerprint density at radius 3 is 2.21 bits per heavy atom. The number of hydrogen-bond acceptors (Lipinski definition) is 3. The van der Waals surface area contributed by atoms with E-state index in [9.17, 15) is 10.2 Å². The summed E-state index contributed by atoms with van der Waals surface area (Å²) in [5, 5.41) is 19.4. The molecule has 1 heterocycles. The summed E-state index contributed by atoms with van der Waals surface area (Å²) >= 11 is 0. The summed E-state index contributed by atoms with van der Waals surface area (Å²) in [6, 6.07) is 8.22. The first-order valence-corrected chi connectivity index (χ1v) is 7.33. The quantitative estimate of drug-likeness (QED) is 0.878. The Morgan fingerprint density at radius 1 is 1.16 bits per heavy atom. The molecule has 19 heavy (non-hydrogen) atoms. The van der Waals surface area contributed by atoms with Crippen LogP contribution in [0.5, 0.6) is 0 Å². The SMILES string of the molecule is CCC(O)c1ccc(N2CCC(C(C)O)CC2)cc1. The lowest BCUT2D eigenvalue weighted by Gasteiger charge is -2.34. The van der Waals surface area contributed by atoms with Crippen molar-refractivity contribution in [3.63, 3.8) is 0 Å². The van der Waals surface area contributed by atoms with E-state index >= 15 is 0 Å². The number of rotatable bonds is 4. The van der Waals surface area contributed by atoms with Crippen LogP contribution >= 0.6 is 0 Å². The molecule has 1 aromatic carbocycles. The van der Waals surface area contributed by atoms with E-state index in [-0.39, 0.29) is 12.2 Å². The lowest BCUT2D eigenvalue weighted by molar-refractivity contribution is 0.110. The molecule has 2 N–H and O–H groups in total. The Morgan fingerprint density at radius 2 is 1.74 bits per heavy atom. The van der Waals surface area contributed by atoms with Crippen LogP contribution in [0, 0.1) is 5.92 Å². The van der Waals surface area contributed by atoms with E-state index in [0.717, 1.165) is 37.9 Å². The summed E-state index contributed by atoms with van der Waals surface area (Å²) in [6.45, 7) is 5.89. The predicted octanol–water partition coefficient (Wildman–Crippen LogP) is 2.73. The van der Waals surface area contributed by atoms with Crippen LogP contribution in [-0.2, 0) is 0 Å². The van der Waals surface area contributed by atoms with Crippen LogP contribution in [0.1, 0.15) is 44.8 Å². The molecule has 0 saturated carbocycles. The average molecular weight is 263 g/mol. The van der Waals surface area contributed by atoms with E-state index < -0.39 is 0 Å². The van der Waals surface area contributed by atoms with E-state index in [1.165, 1.54) is 5.69 Å². The highest BCUT2D eigenvalue weighted by Gasteiger charge is 2.22. The van der Waals surface area contributed by atoms with Gasteiger partial charge in [0.2, 0.25) is 0 Å². The molecule has 1 fully saturated rings. The maximum absolute atomic E-state index is 9.78. The summed E-state index contributed by atoms with van der Waals surface area (Å²) < 4.78 is 0. The highest BCUT2D eigenvalue weighted by Crippen LogP contribution is 2.26. The highest BCUT2D eigenvalue weighted by molar-refractivity contribution is 5.48. The van der Waals surface area contributed by atoms with Crippen molar-refractivity contribution in [3.05, 3.63) is 29.8 Å². The number of aliphatic hydroxyl groups is 2. The molecule has 2 unspecified atom stereocenters. The third-order valence-corrected chi connectivity index (χ3v) is 4.25. The molecule has 3 heteroatoms. The third kappa shape index (κ3) is 3.48. The third-order valence-electron chi connectivity index (χ3n) is 4.25. The second-order valence-electron chi connectivity index (χ2n) is 5.58. The Labute approximate surface area is 115 Å². The van der Waals surface area contributed by atoms with E-state index in [1.807, 2.05) is 26.0 Å². The maximum Gasteiger partial charge on any atom is 0.0787 e. The molecule has 0 radical (unpaired) electrons. The van der Waals surface area contributed by atoms with E-state index in [1.54, 1.807) is 0 Å². The molecule has 0 aromatic heterocycles. The molecule has 0 aliphatic carbocycles. The summed E-state index contributed by atoms with van der Waals surface area (Å²) in [7, 11) is 0. The number of nitrogens with zero attached hydrogens (tertiary/aromatic N) is 1. The minimum absolute atomic E-state index is 0.191. The van der Waals surface area contributed by atoms with Gasteiger partial charge in [0, 0.05) is 18.8 Å². The van der Waals surface area contributed by atoms with Gasteiger partial charge in [-0.05, 0) is 49.8 Å². The Balaban J connectivity index is 1.96. The molecule has 1 aliphatic rings. The molecule has 2 atom stereocenters. The first-order chi connectivity index (χ1) is 9.11. The lowest BCUT2D eigenvalue weighted by atomic mass is 9.92. The molecular weight excluding hydrogens is 238 g/mol. The van der Waals surface area contributed by atoms with Gasteiger partial charge in [-0.15, -0.1) is 0 Å². The monoisotopic (exact) mass is 263 g/mol. The van der Waals surface area contributed by atoms with Crippen LogP contribution in [0.2, 0.25) is 0 Å². The summed E-state index contributed by atoms with van der Waals surface area (Å²) in [4.78, 5) is 2.36. The molecule has 0 spiro atoms. The van der Waals surface area contributed by atoms with Crippen molar-refractivity contribution < 1.29 is 10.2 Å². The molecule has 0 amide bonds. The van der Waals surface area contributed by atoms with Crippen molar-refractivity contribution in [1.29, 1.82) is 0 Å². The summed E-state index contributed by atoms with van der Waals surface area (Å²) in [6.07, 6.45) is 2.31. The predicted molar refractivity (Wildman–Crippen MR) is 78.3 cm³/mol. The first kappa shape index (κ1) is 14.4. The van der Waals surface area contributed by atoms with Crippen molar-refractivity contribution in [3.8, 4) is 0 Å². The molecule has 1 aromatic rings. The van der Waals surface area contributed by atoms with Crippen LogP contribution in [0.4, 0.5) is 5.69 Å². The van der Waals surface area contributed by atoms with Gasteiger partial charge in [0.15, 0.2) is 0 Å². The van der Waals surface area contributed by atoms with Crippen LogP contribution in [0.25, 0.3) is 0 Å². The van der Waals surface area contributed by atoms with Crippen molar-refractivity contribution in [2.45, 2.75) is 45.3 Å². The first-order valence-electron chi connectivity index (χ1n) is 7.33. The maximum atomic E-state index is 9.78. The van der Waals surface area contributed by atoms with Crippen molar-refractivity contribution in [1.82, 2.24) is 0 Å². The normalized spacial score (nSPS) is 20.3. The Hall–Kier alpha value is -1.06. The van der Waals surface area contributed by atoms with Gasteiger partial charge in [0.1, 0.15) is 0 Å². The van der Waals surface area contributed by atoms with Gasteiger partial charge < -0.3 is 15.1 Å². The number of piperidine rings is 1. The summed E-state index contributed by atoms with van der Waals surface area (Å²) in [5.41, 5.74) is 2.21. The minimum atomic E-state index is -0.352. The van der Waals surface area contributed by atoms with Gasteiger partial charge in [-0.1, -0.05) is 19.1 Å². The molecule has 106 valence electrons. The second kappa shape index (κ2) is 6.40. The molecule has 2 rings (SSSR count). The van der Waals surface area contributed by atoms with Gasteiger partial charge in [-0.2, -0.15) is 0 Å². The fraction of sp³-hybridized carbons (Fsp3) is 0.625. The van der Waals surface area contributed by atoms with Crippen LogP contribution in [0.3, 0.4) is 0 Å². The van der Waals surface area contributed by atoms with Crippen molar-refractivity contribution in [2.24, 2.45) is 5.92 Å². The minimum Gasteiger partial charge on any atom is -0.393 e. The zero-order valence-electron chi connectivity index (χ0n) is 11.9. The average Bonchev–Trinajstić information content (AvgIpc) is 2.46. The van der Waals surface area contributed by atoms with E-state index in [2.05, 4.69) is 17.0 Å². The standard InChI is InChI=1S/C16H25NO2/c1-3-16(19)14-4-6-15(7-5-14)17-10-8-13(9-11-17)12(2)18/h4-7,12-13,16,18-19H,3,8-11H2,1-2H3. The molecule has 1 saturated heterocycles. The lowest BCUT2D eigenvalue weighted by Crippen LogP contribution is -2.37. The van der Waals surface area contributed by atoms with Crippen LogP contribution in [0.15, 0.2) is 24.3 Å². The van der Waals surface area contributed by atoms with E-state index in [0.29, 0.717) is 5.92 Å². The molecule has 0 bridgehead atoms. The van der Waals surface area contributed by atoms with Gasteiger partial charge in [0.05, 0.1) is 12.2 Å². The number of aliphatic hydroxyl groups excluding tert-OH is 2. The van der Waals surface area contributed by atoms with Gasteiger partial charge in [-0.3, -0.25) is 0 Å². The molecule has 1 aliphatic heterocycles. The zero-order valence-corrected chi connectivity index (χ0v) is 11.9. The van der Waals surface area contributed by atoms with Gasteiger partial charge >= 0.3 is 0 Å². The highest BCUT2D eigenvalue weighted by atomic mass is 16.3. The zero-order chi connectivity index (χ0) is 13.8. The van der Waals surface area contributed by atoms with Crippen molar-refractivity contribution >= 4 is 5.69 Å². The molecular formula is C16H25NO2.